The second-order valence-electron chi connectivity index (χ2n) is 12.1. The van der Waals surface area contributed by atoms with Crippen LogP contribution in [0, 0.1) is 17.3 Å². The fraction of sp³-hybridized carbons (Fsp3) is 0.621. The number of carboxylic acids is 1. The van der Waals surface area contributed by atoms with E-state index in [1.807, 2.05) is 0 Å². The van der Waals surface area contributed by atoms with Gasteiger partial charge >= 0.3 is 12.1 Å². The van der Waals surface area contributed by atoms with Gasteiger partial charge in [-0.1, -0.05) is 29.7 Å². The number of nitrogens with zero attached hydrogens (tertiary/aromatic N) is 5. The van der Waals surface area contributed by atoms with Crippen LogP contribution in [-0.4, -0.2) is 73.5 Å². The van der Waals surface area contributed by atoms with Crippen LogP contribution in [0.25, 0.3) is 0 Å². The number of carbonyl (C=O) groups is 3. The van der Waals surface area contributed by atoms with E-state index >= 15 is 0 Å². The summed E-state index contributed by atoms with van der Waals surface area (Å²) in [6.07, 6.45) is -6.21. The van der Waals surface area contributed by atoms with Crippen LogP contribution in [0.1, 0.15) is 74.0 Å². The highest BCUT2D eigenvalue weighted by molar-refractivity contribution is 6.31. The maximum absolute atomic E-state index is 14.3. The Morgan fingerprint density at radius 2 is 1.98 bits per heavy atom. The number of aliphatic carboxylic acids is 1. The van der Waals surface area contributed by atoms with Gasteiger partial charge in [0.2, 0.25) is 11.8 Å². The molecule has 0 spiro atoms. The van der Waals surface area contributed by atoms with Gasteiger partial charge in [0.1, 0.15) is 23.7 Å². The van der Waals surface area contributed by atoms with Crippen molar-refractivity contribution in [2.45, 2.75) is 70.7 Å². The number of amides is 2. The number of aromatic nitrogens is 3. The quantitative estimate of drug-likeness (QED) is 0.391. The van der Waals surface area contributed by atoms with E-state index in [1.54, 1.807) is 0 Å². The third-order valence-corrected chi connectivity index (χ3v) is 9.79. The minimum Gasteiger partial charge on any atom is -0.487 e. The normalized spacial score (nSPS) is 25.5. The molecule has 4 atom stereocenters. The lowest BCUT2D eigenvalue weighted by molar-refractivity contribution is -0.171. The zero-order chi connectivity index (χ0) is 32.8. The molecule has 2 aliphatic heterocycles. The number of carboxylic acid groups (broad SMARTS) is 1. The maximum atomic E-state index is 14.3. The first-order valence-electron chi connectivity index (χ1n) is 14.6. The SMILES string of the molecule is Cn1nnc(COc2ccc(Cl)c3c2[C@@H](CN2CC(C(F)(F)F)CC2=O)N(C(=O)[C@@H]2CCCC[C@]2(C)C(=O)O)CC3)c1C(F)F. The molecule has 1 N–H and O–H groups in total. The zero-order valence-corrected chi connectivity index (χ0v) is 25.4. The zero-order valence-electron chi connectivity index (χ0n) is 24.6. The van der Waals surface area contributed by atoms with E-state index in [9.17, 15) is 41.4 Å². The highest BCUT2D eigenvalue weighted by atomic mass is 35.5. The molecule has 45 heavy (non-hydrogen) atoms. The monoisotopic (exact) mass is 661 g/mol. The minimum absolute atomic E-state index is 0.0658. The van der Waals surface area contributed by atoms with Crippen LogP contribution in [-0.2, 0) is 34.5 Å². The van der Waals surface area contributed by atoms with Crippen molar-refractivity contribution >= 4 is 29.4 Å². The molecule has 3 heterocycles. The second kappa shape index (κ2) is 12.4. The molecule has 2 amide bonds. The molecule has 10 nitrogen and oxygen atoms in total. The van der Waals surface area contributed by atoms with Crippen LogP contribution < -0.4 is 4.74 Å². The van der Waals surface area contributed by atoms with E-state index in [0.29, 0.717) is 30.4 Å². The van der Waals surface area contributed by atoms with Crippen LogP contribution in [0.5, 0.6) is 5.75 Å². The summed E-state index contributed by atoms with van der Waals surface area (Å²) in [5.41, 5.74) is -1.12. The summed E-state index contributed by atoms with van der Waals surface area (Å²) in [7, 11) is 1.30. The Balaban J connectivity index is 1.55. The fourth-order valence-corrected chi connectivity index (χ4v) is 7.10. The number of ether oxygens (including phenoxy) is 1. The van der Waals surface area contributed by atoms with Crippen LogP contribution in [0.15, 0.2) is 12.1 Å². The van der Waals surface area contributed by atoms with Crippen LogP contribution >= 0.6 is 11.6 Å². The molecule has 2 aromatic rings. The summed E-state index contributed by atoms with van der Waals surface area (Å²) in [6.45, 7) is 0.206. The van der Waals surface area contributed by atoms with Gasteiger partial charge in [0.25, 0.3) is 6.43 Å². The molecular weight excluding hydrogens is 629 g/mol. The third kappa shape index (κ3) is 6.19. The molecule has 1 aromatic heterocycles. The maximum Gasteiger partial charge on any atom is 0.394 e. The Morgan fingerprint density at radius 1 is 1.24 bits per heavy atom. The van der Waals surface area contributed by atoms with Gasteiger partial charge in [-0.15, -0.1) is 5.10 Å². The van der Waals surface area contributed by atoms with Crippen molar-refractivity contribution in [2.75, 3.05) is 19.6 Å². The van der Waals surface area contributed by atoms with E-state index < -0.39 is 78.9 Å². The summed E-state index contributed by atoms with van der Waals surface area (Å²) in [5, 5.41) is 17.8. The van der Waals surface area contributed by atoms with Gasteiger partial charge in [-0.25, -0.2) is 13.5 Å². The average Bonchev–Trinajstić information content (AvgIpc) is 3.54. The number of likely N-dealkylation sites (tertiary alicyclic amines) is 1. The number of carbonyl (C=O) groups excluding carboxylic acids is 2. The van der Waals surface area contributed by atoms with Gasteiger partial charge in [-0.2, -0.15) is 13.2 Å². The molecular formula is C29H33ClF5N5O5. The van der Waals surface area contributed by atoms with Gasteiger partial charge in [0.05, 0.1) is 23.3 Å². The number of fused-ring (bicyclic) bond motifs is 1. The summed E-state index contributed by atoms with van der Waals surface area (Å²) in [6, 6.07) is 1.94. The van der Waals surface area contributed by atoms with Crippen molar-refractivity contribution in [3.8, 4) is 5.75 Å². The van der Waals surface area contributed by atoms with Crippen molar-refractivity contribution in [2.24, 2.45) is 24.3 Å². The smallest absolute Gasteiger partial charge is 0.394 e. The molecule has 3 aliphatic rings. The number of halogens is 6. The van der Waals surface area contributed by atoms with E-state index in [0.717, 1.165) is 9.58 Å². The summed E-state index contributed by atoms with van der Waals surface area (Å²) in [4.78, 5) is 42.0. The molecule has 16 heteroatoms. The number of hydrogen-bond donors (Lipinski definition) is 1. The molecule has 5 rings (SSSR count). The lowest BCUT2D eigenvalue weighted by atomic mass is 9.66. The van der Waals surface area contributed by atoms with E-state index in [-0.39, 0.29) is 42.4 Å². The Kier molecular flexibility index (Phi) is 9.04. The van der Waals surface area contributed by atoms with E-state index in [2.05, 4.69) is 10.3 Å². The second-order valence-corrected chi connectivity index (χ2v) is 12.5. The minimum atomic E-state index is -4.60. The predicted molar refractivity (Wildman–Crippen MR) is 148 cm³/mol. The molecule has 0 radical (unpaired) electrons. The Bertz CT molecular complexity index is 1490. The number of rotatable bonds is 8. The highest BCUT2D eigenvalue weighted by Gasteiger charge is 2.51. The van der Waals surface area contributed by atoms with Crippen molar-refractivity contribution in [1.82, 2.24) is 24.8 Å². The number of benzene rings is 1. The third-order valence-electron chi connectivity index (χ3n) is 9.44. The Morgan fingerprint density at radius 3 is 2.62 bits per heavy atom. The average molecular weight is 662 g/mol. The van der Waals surface area contributed by atoms with Gasteiger partial charge in [-0.05, 0) is 43.9 Å². The number of hydrogen-bond acceptors (Lipinski definition) is 6. The summed E-state index contributed by atoms with van der Waals surface area (Å²) in [5.74, 6) is -5.04. The molecule has 1 saturated carbocycles. The standard InChI is InChI=1S/C29H33ClF5N5O5/c1-28(27(43)44)9-4-3-5-17(28)26(42)40-10-8-16-18(30)6-7-21(45-14-19-24(25(31)32)38(2)37-36-19)23(16)20(40)13-39-12-15(11-22(39)41)29(33,34)35/h6-7,15,17,20,25H,3-5,8-14H2,1-2H3,(H,43,44)/t15?,17-,20+,28-/m0/s1. The van der Waals surface area contributed by atoms with Crippen molar-refractivity contribution in [3.63, 3.8) is 0 Å². The molecule has 1 aliphatic carbocycles. The largest absolute Gasteiger partial charge is 0.487 e. The van der Waals surface area contributed by atoms with Gasteiger partial charge in [0.15, 0.2) is 0 Å². The number of alkyl halides is 5. The predicted octanol–water partition coefficient (Wildman–Crippen LogP) is 5.10. The van der Waals surface area contributed by atoms with Crippen LogP contribution in [0.4, 0.5) is 22.0 Å². The molecule has 246 valence electrons. The van der Waals surface area contributed by atoms with Crippen molar-refractivity contribution in [3.05, 3.63) is 39.7 Å². The summed E-state index contributed by atoms with van der Waals surface area (Å²) >= 11 is 6.57. The molecule has 0 bridgehead atoms. The van der Waals surface area contributed by atoms with Gasteiger partial charge in [-0.3, -0.25) is 14.4 Å². The highest BCUT2D eigenvalue weighted by Crippen LogP contribution is 2.47. The topological polar surface area (TPSA) is 118 Å². The van der Waals surface area contributed by atoms with Gasteiger partial charge < -0.3 is 19.6 Å². The van der Waals surface area contributed by atoms with Crippen molar-refractivity contribution < 1.29 is 46.2 Å². The fourth-order valence-electron chi connectivity index (χ4n) is 6.85. The van der Waals surface area contributed by atoms with Crippen LogP contribution in [0.2, 0.25) is 5.02 Å². The Labute approximate surface area is 260 Å². The first-order chi connectivity index (χ1) is 21.1. The lowest BCUT2D eigenvalue weighted by Gasteiger charge is -2.45. The number of aryl methyl sites for hydroxylation is 1. The first-order valence-corrected chi connectivity index (χ1v) is 15.0. The van der Waals surface area contributed by atoms with Crippen LogP contribution in [0.3, 0.4) is 0 Å². The lowest BCUT2D eigenvalue weighted by Crippen LogP contribution is -2.52. The Hall–Kier alpha value is -3.49. The summed E-state index contributed by atoms with van der Waals surface area (Å²) < 4.78 is 75.0. The van der Waals surface area contributed by atoms with Gasteiger partial charge in [0, 0.05) is 43.7 Å². The first kappa shape index (κ1) is 32.9. The molecule has 1 aromatic carbocycles. The molecule has 2 fully saturated rings. The van der Waals surface area contributed by atoms with E-state index in [1.165, 1.54) is 31.0 Å². The molecule has 1 unspecified atom stereocenters. The molecule has 1 saturated heterocycles. The van der Waals surface area contributed by atoms with Crippen molar-refractivity contribution in [1.29, 1.82) is 0 Å². The van der Waals surface area contributed by atoms with E-state index in [4.69, 9.17) is 16.3 Å².